The van der Waals surface area contributed by atoms with Crippen LogP contribution in [0.25, 0.3) is 0 Å². The van der Waals surface area contributed by atoms with Crippen molar-refractivity contribution in [3.63, 3.8) is 0 Å². The number of carbonyl (C=O) groups excluding carboxylic acids is 3. The van der Waals surface area contributed by atoms with Crippen molar-refractivity contribution in [2.24, 2.45) is 11.7 Å². The van der Waals surface area contributed by atoms with Crippen LogP contribution >= 0.6 is 0 Å². The van der Waals surface area contributed by atoms with E-state index in [1.54, 1.807) is 19.1 Å². The van der Waals surface area contributed by atoms with Crippen molar-refractivity contribution >= 4 is 17.9 Å². The third kappa shape index (κ3) is 9.23. The van der Waals surface area contributed by atoms with Crippen LogP contribution in [0.3, 0.4) is 0 Å². The Bertz CT molecular complexity index is 674. The smallest absolute Gasteiger partial charge is 0.407 e. The van der Waals surface area contributed by atoms with E-state index in [-0.39, 0.29) is 26.0 Å². The summed E-state index contributed by atoms with van der Waals surface area (Å²) in [5.41, 5.74) is 6.02. The second kappa shape index (κ2) is 11.5. The van der Waals surface area contributed by atoms with Gasteiger partial charge in [-0.3, -0.25) is 9.59 Å². The molecular formula is C18H24N4O5. The second-order valence-electron chi connectivity index (χ2n) is 6.09. The summed E-state index contributed by atoms with van der Waals surface area (Å²) in [7, 11) is 0. The predicted octanol–water partition coefficient (Wildman–Crippen LogP) is 0.184. The van der Waals surface area contributed by atoms with Gasteiger partial charge in [0.15, 0.2) is 0 Å². The van der Waals surface area contributed by atoms with Gasteiger partial charge in [0.2, 0.25) is 11.8 Å². The summed E-state index contributed by atoms with van der Waals surface area (Å²) in [5.74, 6) is -1.84. The first-order chi connectivity index (χ1) is 12.8. The molecule has 1 aromatic carbocycles. The fourth-order valence-corrected chi connectivity index (χ4v) is 2.17. The van der Waals surface area contributed by atoms with E-state index >= 15 is 0 Å². The van der Waals surface area contributed by atoms with Crippen LogP contribution in [-0.2, 0) is 20.9 Å². The van der Waals surface area contributed by atoms with Gasteiger partial charge in [0.25, 0.3) is 0 Å². The zero-order valence-electron chi connectivity index (χ0n) is 15.1. The number of primary amides is 1. The van der Waals surface area contributed by atoms with E-state index in [4.69, 9.17) is 15.7 Å². The Balaban J connectivity index is 2.32. The first-order valence-corrected chi connectivity index (χ1v) is 8.42. The largest absolute Gasteiger partial charge is 0.445 e. The number of ether oxygens (including phenoxy) is 1. The van der Waals surface area contributed by atoms with Gasteiger partial charge >= 0.3 is 6.09 Å². The van der Waals surface area contributed by atoms with Crippen molar-refractivity contribution in [2.75, 3.05) is 6.54 Å². The van der Waals surface area contributed by atoms with Gasteiger partial charge in [0.1, 0.15) is 12.6 Å². The molecule has 0 bridgehead atoms. The van der Waals surface area contributed by atoms with Crippen LogP contribution in [0.4, 0.5) is 4.79 Å². The SMILES string of the molecule is C[C@@H](C#N)C[C@@H](NC(=O)C[C@@H](O)CNC(=O)OCc1ccccc1)C(N)=O. The van der Waals surface area contributed by atoms with E-state index in [0.29, 0.717) is 0 Å². The Morgan fingerprint density at radius 1 is 1.30 bits per heavy atom. The van der Waals surface area contributed by atoms with Gasteiger partial charge < -0.3 is 26.2 Å². The van der Waals surface area contributed by atoms with Crippen molar-refractivity contribution < 1.29 is 24.2 Å². The van der Waals surface area contributed by atoms with Gasteiger partial charge in [0, 0.05) is 12.5 Å². The molecule has 0 aliphatic carbocycles. The molecule has 0 radical (unpaired) electrons. The van der Waals surface area contributed by atoms with Crippen LogP contribution in [-0.4, -0.2) is 41.7 Å². The highest BCUT2D eigenvalue weighted by Crippen LogP contribution is 2.05. The van der Waals surface area contributed by atoms with E-state index in [2.05, 4.69) is 10.6 Å². The third-order valence-corrected chi connectivity index (χ3v) is 3.60. The van der Waals surface area contributed by atoms with Crippen LogP contribution in [0.2, 0.25) is 0 Å². The highest BCUT2D eigenvalue weighted by molar-refractivity contribution is 5.86. The van der Waals surface area contributed by atoms with Crippen molar-refractivity contribution in [3.05, 3.63) is 35.9 Å². The van der Waals surface area contributed by atoms with Crippen molar-refractivity contribution in [3.8, 4) is 6.07 Å². The quantitative estimate of drug-likeness (QED) is 0.457. The molecule has 0 saturated carbocycles. The maximum Gasteiger partial charge on any atom is 0.407 e. The standard InChI is InChI=1S/C18H24N4O5/c1-12(9-19)7-15(17(20)25)22-16(24)8-14(23)10-21-18(26)27-11-13-5-3-2-4-6-13/h2-6,12,14-15,23H,7-8,10-11H2,1H3,(H2,20,25)(H,21,26)(H,22,24)/t12-,14-,15-/m1/s1. The second-order valence-corrected chi connectivity index (χ2v) is 6.09. The molecule has 0 spiro atoms. The van der Waals surface area contributed by atoms with Crippen molar-refractivity contribution in [1.82, 2.24) is 10.6 Å². The van der Waals surface area contributed by atoms with Crippen LogP contribution in [0.15, 0.2) is 30.3 Å². The molecule has 0 saturated heterocycles. The number of carbonyl (C=O) groups is 3. The zero-order chi connectivity index (χ0) is 20.2. The Morgan fingerprint density at radius 3 is 2.56 bits per heavy atom. The number of nitrogens with two attached hydrogens (primary N) is 1. The number of benzene rings is 1. The van der Waals surface area contributed by atoms with E-state index in [1.165, 1.54) is 0 Å². The maximum atomic E-state index is 11.9. The fraction of sp³-hybridized carbons (Fsp3) is 0.444. The lowest BCUT2D eigenvalue weighted by Gasteiger charge is -2.18. The van der Waals surface area contributed by atoms with Crippen molar-refractivity contribution in [2.45, 2.75) is 38.5 Å². The summed E-state index contributed by atoms with van der Waals surface area (Å²) < 4.78 is 4.98. The number of nitrogens with zero attached hydrogens (tertiary/aromatic N) is 1. The minimum Gasteiger partial charge on any atom is -0.445 e. The van der Waals surface area contributed by atoms with Crippen LogP contribution in [0.5, 0.6) is 0 Å². The van der Waals surface area contributed by atoms with Gasteiger partial charge in [-0.2, -0.15) is 5.26 Å². The first-order valence-electron chi connectivity index (χ1n) is 8.42. The summed E-state index contributed by atoms with van der Waals surface area (Å²) in [4.78, 5) is 34.8. The number of rotatable bonds is 10. The average Bonchev–Trinajstić information content (AvgIpc) is 2.64. The number of nitriles is 1. The van der Waals surface area contributed by atoms with Crippen LogP contribution in [0.1, 0.15) is 25.3 Å². The molecule has 0 heterocycles. The molecule has 0 unspecified atom stereocenters. The summed E-state index contributed by atoms with van der Waals surface area (Å²) in [6.07, 6.45) is -2.16. The summed E-state index contributed by atoms with van der Waals surface area (Å²) in [6.45, 7) is 1.49. The van der Waals surface area contributed by atoms with Gasteiger partial charge in [0.05, 0.1) is 18.6 Å². The van der Waals surface area contributed by atoms with Crippen LogP contribution in [0, 0.1) is 17.2 Å². The summed E-state index contributed by atoms with van der Waals surface area (Å²) in [5, 5.41) is 23.3. The molecule has 3 amide bonds. The number of hydrogen-bond donors (Lipinski definition) is 4. The Kier molecular flexibility index (Phi) is 9.33. The summed E-state index contributed by atoms with van der Waals surface area (Å²) >= 11 is 0. The fourth-order valence-electron chi connectivity index (χ4n) is 2.17. The topological polar surface area (TPSA) is 155 Å². The molecule has 9 heteroatoms. The minimum atomic E-state index is -1.17. The molecule has 3 atom stereocenters. The molecule has 146 valence electrons. The number of nitrogens with one attached hydrogen (secondary N) is 2. The lowest BCUT2D eigenvalue weighted by molar-refractivity contribution is -0.128. The molecule has 0 aliphatic rings. The minimum absolute atomic E-state index is 0.0811. The van der Waals surface area contributed by atoms with Gasteiger partial charge in [-0.15, -0.1) is 0 Å². The number of hydrogen-bond acceptors (Lipinski definition) is 6. The molecular weight excluding hydrogens is 352 g/mol. The van der Waals surface area contributed by atoms with E-state index in [9.17, 15) is 19.5 Å². The van der Waals surface area contributed by atoms with Gasteiger partial charge in [-0.25, -0.2) is 4.79 Å². The molecule has 0 fully saturated rings. The molecule has 1 aromatic rings. The molecule has 0 aromatic heterocycles. The Labute approximate surface area is 157 Å². The lowest BCUT2D eigenvalue weighted by atomic mass is 10.0. The molecule has 27 heavy (non-hydrogen) atoms. The Hall–Kier alpha value is -3.12. The predicted molar refractivity (Wildman–Crippen MR) is 95.8 cm³/mol. The number of alkyl carbamates (subject to hydrolysis) is 1. The average molecular weight is 376 g/mol. The molecule has 0 aliphatic heterocycles. The van der Waals surface area contributed by atoms with Crippen molar-refractivity contribution in [1.29, 1.82) is 5.26 Å². The van der Waals surface area contributed by atoms with E-state index < -0.39 is 36.0 Å². The molecule has 5 N–H and O–H groups in total. The zero-order valence-corrected chi connectivity index (χ0v) is 15.1. The normalized spacial score (nSPS) is 13.5. The lowest BCUT2D eigenvalue weighted by Crippen LogP contribution is -2.46. The van der Waals surface area contributed by atoms with Crippen LogP contribution < -0.4 is 16.4 Å². The third-order valence-electron chi connectivity index (χ3n) is 3.60. The van der Waals surface area contributed by atoms with Gasteiger partial charge in [-0.05, 0) is 18.9 Å². The number of aliphatic hydroxyl groups excluding tert-OH is 1. The highest BCUT2D eigenvalue weighted by Gasteiger charge is 2.22. The number of amides is 3. The summed E-state index contributed by atoms with van der Waals surface area (Å²) in [6, 6.07) is 10.0. The maximum absolute atomic E-state index is 11.9. The Morgan fingerprint density at radius 2 is 1.96 bits per heavy atom. The monoisotopic (exact) mass is 376 g/mol. The highest BCUT2D eigenvalue weighted by atomic mass is 16.5. The van der Waals surface area contributed by atoms with E-state index in [0.717, 1.165) is 5.56 Å². The van der Waals surface area contributed by atoms with E-state index in [1.807, 2.05) is 24.3 Å². The molecule has 9 nitrogen and oxygen atoms in total. The van der Waals surface area contributed by atoms with Gasteiger partial charge in [-0.1, -0.05) is 30.3 Å². The first kappa shape index (κ1) is 21.9. The molecule has 1 rings (SSSR count). The number of aliphatic hydroxyl groups is 1.